The topological polar surface area (TPSA) is 138 Å². The molecule has 0 aromatic carbocycles. The van der Waals surface area contributed by atoms with Crippen molar-refractivity contribution in [3.05, 3.63) is 0 Å². The zero-order chi connectivity index (χ0) is 23.4. The Hall–Kier alpha value is -2.67. The second-order valence-electron chi connectivity index (χ2n) is 5.46. The highest BCUT2D eigenvalue weighted by molar-refractivity contribution is 5.68. The van der Waals surface area contributed by atoms with Crippen molar-refractivity contribution in [3.8, 4) is 6.07 Å². The van der Waals surface area contributed by atoms with Crippen molar-refractivity contribution in [2.24, 2.45) is 0 Å². The lowest BCUT2D eigenvalue weighted by Gasteiger charge is -2.44. The molecular weight excluding hydrogens is 362 g/mol. The summed E-state index contributed by atoms with van der Waals surface area (Å²) in [5, 5.41) is 8.90. The Bertz CT molecular complexity index is 687. The molecule has 1 aliphatic heterocycles. The number of nitrogens with zero attached hydrogens (tertiary/aromatic N) is 1. The van der Waals surface area contributed by atoms with Crippen molar-refractivity contribution in [1.29, 1.82) is 5.26 Å². The minimum Gasteiger partial charge on any atom is -0.463 e. The first-order valence-corrected chi connectivity index (χ1v) is 7.74. The predicted octanol–water partition coefficient (Wildman–Crippen LogP) is 0.416. The number of hydrogen-bond acceptors (Lipinski definition) is 10. The number of carbonyl (C=O) groups excluding carboxylic acids is 4. The van der Waals surface area contributed by atoms with E-state index in [1.54, 1.807) is 0 Å². The Labute approximate surface area is 162 Å². The van der Waals surface area contributed by atoms with Crippen LogP contribution in [0.25, 0.3) is 0 Å². The maximum atomic E-state index is 11.9. The maximum absolute atomic E-state index is 11.9. The molecule has 0 bridgehead atoms. The summed E-state index contributed by atoms with van der Waals surface area (Å²) in [6.07, 6.45) is -6.78. The van der Waals surface area contributed by atoms with Gasteiger partial charge in [0.25, 0.3) is 0 Å². The van der Waals surface area contributed by atoms with Crippen molar-refractivity contribution in [2.45, 2.75) is 71.0 Å². The average molecular weight is 389 g/mol. The third-order valence-electron chi connectivity index (χ3n) is 3.48. The summed E-state index contributed by atoms with van der Waals surface area (Å²) in [4.78, 5) is 46.8. The smallest absolute Gasteiger partial charge is 0.303 e. The quantitative estimate of drug-likeness (QED) is 0.444. The van der Waals surface area contributed by atoms with Crippen LogP contribution in [0.5, 0.6) is 0 Å². The SMILES string of the molecule is [2H]CC(=O)OC[C@H]1OC(CCC#N)[C@@H](OC(=O)C[2H])[C@@H](OC(=O)C[2H])[C@@H]1OC(=O)C[2H]. The Morgan fingerprint density at radius 1 is 0.889 bits per heavy atom. The fourth-order valence-corrected chi connectivity index (χ4v) is 2.61. The third-order valence-corrected chi connectivity index (χ3v) is 3.48. The molecule has 10 heteroatoms. The standard InChI is InChI=1S/C17H23NO9/c1-9(19)23-8-14-16(25-11(3)21)17(26-12(4)22)15(24-10(2)20)13(27-14)6-5-7-18/h13-17H,5-6,8H2,1-4H3/t13?,14-,15-,16-,17-/m1/s1/i1D,2D,3D,4D. The van der Waals surface area contributed by atoms with Crippen molar-refractivity contribution in [3.63, 3.8) is 0 Å². The molecule has 0 N–H and O–H groups in total. The van der Waals surface area contributed by atoms with E-state index in [1.165, 1.54) is 0 Å². The fourth-order valence-electron chi connectivity index (χ4n) is 2.61. The maximum Gasteiger partial charge on any atom is 0.303 e. The highest BCUT2D eigenvalue weighted by Gasteiger charge is 2.51. The first-order valence-electron chi connectivity index (χ1n) is 10.6. The predicted molar refractivity (Wildman–Crippen MR) is 86.8 cm³/mol. The number of carbonyl (C=O) groups is 4. The van der Waals surface area contributed by atoms with E-state index in [1.807, 2.05) is 6.07 Å². The summed E-state index contributed by atoms with van der Waals surface area (Å²) in [6, 6.07) is 1.88. The van der Waals surface area contributed by atoms with Gasteiger partial charge >= 0.3 is 23.9 Å². The van der Waals surface area contributed by atoms with Gasteiger partial charge in [0.1, 0.15) is 18.8 Å². The van der Waals surface area contributed by atoms with Crippen molar-refractivity contribution in [2.75, 3.05) is 6.61 Å². The lowest BCUT2D eigenvalue weighted by Crippen LogP contribution is -2.62. The van der Waals surface area contributed by atoms with E-state index >= 15 is 0 Å². The second-order valence-corrected chi connectivity index (χ2v) is 5.46. The largest absolute Gasteiger partial charge is 0.463 e. The number of hydrogen-bond donors (Lipinski definition) is 0. The van der Waals surface area contributed by atoms with E-state index in [-0.39, 0.29) is 12.8 Å². The molecule has 1 saturated heterocycles. The molecule has 0 spiro atoms. The summed E-state index contributed by atoms with van der Waals surface area (Å²) in [5.74, 6) is -4.01. The van der Waals surface area contributed by atoms with Crippen LogP contribution < -0.4 is 0 Å². The monoisotopic (exact) mass is 389 g/mol. The Morgan fingerprint density at radius 2 is 1.41 bits per heavy atom. The summed E-state index contributed by atoms with van der Waals surface area (Å²) in [7, 11) is 0. The number of nitriles is 1. The lowest BCUT2D eigenvalue weighted by molar-refractivity contribution is -0.253. The molecule has 27 heavy (non-hydrogen) atoms. The Balaban J connectivity index is 3.34. The lowest BCUT2D eigenvalue weighted by atomic mass is 9.92. The number of esters is 4. The van der Waals surface area contributed by atoms with Crippen LogP contribution in [0.2, 0.25) is 0 Å². The van der Waals surface area contributed by atoms with E-state index in [0.717, 1.165) is 0 Å². The van der Waals surface area contributed by atoms with Crippen molar-refractivity contribution >= 4 is 23.9 Å². The van der Waals surface area contributed by atoms with E-state index < -0.39 is 88.6 Å². The van der Waals surface area contributed by atoms with Gasteiger partial charge in [-0.2, -0.15) is 5.26 Å². The van der Waals surface area contributed by atoms with Gasteiger partial charge in [0, 0.05) is 39.5 Å². The molecular formula is C17H23NO9. The van der Waals surface area contributed by atoms with Crippen LogP contribution in [-0.4, -0.2) is 61.0 Å². The van der Waals surface area contributed by atoms with Gasteiger partial charge in [0.15, 0.2) is 18.3 Å². The minimum absolute atomic E-state index is 0.0105. The molecule has 10 nitrogen and oxygen atoms in total. The highest BCUT2D eigenvalue weighted by atomic mass is 16.7. The van der Waals surface area contributed by atoms with Gasteiger partial charge in [-0.15, -0.1) is 0 Å². The van der Waals surface area contributed by atoms with Crippen molar-refractivity contribution < 1.29 is 48.3 Å². The van der Waals surface area contributed by atoms with Gasteiger partial charge in [-0.1, -0.05) is 0 Å². The molecule has 0 amide bonds. The summed E-state index contributed by atoms with van der Waals surface area (Å²) >= 11 is 0. The van der Waals surface area contributed by atoms with E-state index in [4.69, 9.17) is 34.4 Å². The molecule has 1 unspecified atom stereocenters. The van der Waals surface area contributed by atoms with E-state index in [9.17, 15) is 19.2 Å². The van der Waals surface area contributed by atoms with Crippen LogP contribution in [0.3, 0.4) is 0 Å². The molecule has 0 radical (unpaired) electrons. The van der Waals surface area contributed by atoms with Crippen LogP contribution in [0.15, 0.2) is 0 Å². The summed E-state index contributed by atoms with van der Waals surface area (Å²) < 4.78 is 54.6. The molecule has 0 aliphatic carbocycles. The summed E-state index contributed by atoms with van der Waals surface area (Å²) in [6.45, 7) is -3.60. The van der Waals surface area contributed by atoms with Gasteiger partial charge in [0.05, 0.1) is 6.07 Å². The molecule has 1 rings (SSSR count). The first kappa shape index (κ1) is 16.5. The summed E-state index contributed by atoms with van der Waals surface area (Å²) in [5.41, 5.74) is 0. The molecule has 150 valence electrons. The second kappa shape index (κ2) is 10.5. The highest BCUT2D eigenvalue weighted by Crippen LogP contribution is 2.31. The fraction of sp³-hybridized carbons (Fsp3) is 0.706. The number of ether oxygens (including phenoxy) is 5. The Kier molecular flexibility index (Phi) is 6.40. The van der Waals surface area contributed by atoms with Gasteiger partial charge in [-0.3, -0.25) is 19.2 Å². The molecule has 0 saturated carbocycles. The van der Waals surface area contributed by atoms with E-state index in [0.29, 0.717) is 0 Å². The van der Waals surface area contributed by atoms with Crippen LogP contribution in [0.4, 0.5) is 0 Å². The molecule has 0 aromatic rings. The zero-order valence-electron chi connectivity index (χ0n) is 18.5. The average Bonchev–Trinajstić information content (AvgIpc) is 2.78. The molecule has 0 aromatic heterocycles. The van der Waals surface area contributed by atoms with Gasteiger partial charge < -0.3 is 23.7 Å². The van der Waals surface area contributed by atoms with Gasteiger partial charge in [-0.05, 0) is 6.42 Å². The third kappa shape index (κ3) is 7.22. The zero-order valence-corrected chi connectivity index (χ0v) is 14.5. The Morgan fingerprint density at radius 3 is 1.93 bits per heavy atom. The number of rotatable bonds is 7. The molecule has 1 heterocycles. The normalized spacial score (nSPS) is 28.9. The van der Waals surface area contributed by atoms with Crippen LogP contribution in [0, 0.1) is 11.3 Å². The van der Waals surface area contributed by atoms with Crippen LogP contribution in [-0.2, 0) is 42.9 Å². The van der Waals surface area contributed by atoms with Crippen LogP contribution >= 0.6 is 0 Å². The first-order chi connectivity index (χ1) is 14.8. The van der Waals surface area contributed by atoms with Crippen molar-refractivity contribution in [1.82, 2.24) is 0 Å². The molecule has 1 fully saturated rings. The molecule has 5 atom stereocenters. The van der Waals surface area contributed by atoms with Gasteiger partial charge in [0.2, 0.25) is 0 Å². The van der Waals surface area contributed by atoms with Gasteiger partial charge in [-0.25, -0.2) is 0 Å². The molecule has 1 aliphatic rings. The van der Waals surface area contributed by atoms with E-state index in [2.05, 4.69) is 0 Å². The van der Waals surface area contributed by atoms with Crippen LogP contribution in [0.1, 0.15) is 45.9 Å². The minimum atomic E-state index is -1.51.